The van der Waals surface area contributed by atoms with Crippen LogP contribution in [0.4, 0.5) is 0 Å². The quantitative estimate of drug-likeness (QED) is 0.737. The van der Waals surface area contributed by atoms with Crippen molar-refractivity contribution >= 4 is 44.1 Å². The minimum absolute atomic E-state index is 0.345. The molecule has 1 aromatic heterocycles. The molecule has 2 heterocycles. The Balaban J connectivity index is 2.20. The van der Waals surface area contributed by atoms with E-state index in [9.17, 15) is 4.79 Å². The lowest BCUT2D eigenvalue weighted by atomic mass is 10.1. The Kier molecular flexibility index (Phi) is 3.13. The third-order valence-electron chi connectivity index (χ3n) is 2.65. The van der Waals surface area contributed by atoms with E-state index in [4.69, 9.17) is 16.3 Å². The third-order valence-corrected chi connectivity index (χ3v) is 4.55. The number of halogens is 2. The number of hydrogen-bond acceptors (Lipinski definition) is 4. The molecule has 1 aliphatic heterocycles. The molecule has 3 nitrogen and oxygen atoms in total. The number of rotatable bonds is 1. The van der Waals surface area contributed by atoms with Crippen molar-refractivity contribution in [3.05, 3.63) is 32.6 Å². The predicted octanol–water partition coefficient (Wildman–Crippen LogP) is 3.89. The number of carbonyl (C=O) groups is 1. The van der Waals surface area contributed by atoms with Gasteiger partial charge in [0.15, 0.2) is 5.01 Å². The molecular weight excluding hydrogens is 338 g/mol. The van der Waals surface area contributed by atoms with Crippen LogP contribution in [0, 0.1) is 0 Å². The van der Waals surface area contributed by atoms with Gasteiger partial charge in [-0.3, -0.25) is 4.79 Å². The van der Waals surface area contributed by atoms with Crippen LogP contribution in [0.25, 0.3) is 11.3 Å². The van der Waals surface area contributed by atoms with E-state index < -0.39 is 5.24 Å². The number of ether oxygens (including phenoxy) is 1. The van der Waals surface area contributed by atoms with Crippen molar-refractivity contribution in [2.45, 2.75) is 6.42 Å². The Labute approximate surface area is 121 Å². The van der Waals surface area contributed by atoms with Crippen molar-refractivity contribution in [1.82, 2.24) is 4.98 Å². The smallest absolute Gasteiger partial charge is 0.281 e. The van der Waals surface area contributed by atoms with Crippen LogP contribution in [-0.4, -0.2) is 16.8 Å². The Bertz CT molecular complexity index is 641. The normalized spacial score (nSPS) is 13.2. The summed E-state index contributed by atoms with van der Waals surface area (Å²) in [5.74, 6) is 0.780. The van der Waals surface area contributed by atoms with Gasteiger partial charge in [-0.25, -0.2) is 4.98 Å². The van der Waals surface area contributed by atoms with Crippen molar-refractivity contribution in [3.8, 4) is 17.0 Å². The SMILES string of the molecule is O=C(Cl)c1nc2c(s1)CCOc1cc(Br)ccc1-2. The van der Waals surface area contributed by atoms with E-state index in [1.807, 2.05) is 18.2 Å². The molecule has 0 saturated carbocycles. The molecule has 0 spiro atoms. The summed E-state index contributed by atoms with van der Waals surface area (Å²) in [5.41, 5.74) is 1.72. The van der Waals surface area contributed by atoms with E-state index in [0.717, 1.165) is 32.8 Å². The van der Waals surface area contributed by atoms with Gasteiger partial charge in [0.1, 0.15) is 5.75 Å². The topological polar surface area (TPSA) is 39.2 Å². The maximum Gasteiger partial charge on any atom is 0.281 e. The predicted molar refractivity (Wildman–Crippen MR) is 74.6 cm³/mol. The number of hydrogen-bond donors (Lipinski definition) is 0. The monoisotopic (exact) mass is 343 g/mol. The molecule has 2 aromatic rings. The van der Waals surface area contributed by atoms with Gasteiger partial charge in [-0.1, -0.05) is 15.9 Å². The molecule has 0 unspecified atom stereocenters. The van der Waals surface area contributed by atoms with Gasteiger partial charge in [0.25, 0.3) is 5.24 Å². The van der Waals surface area contributed by atoms with E-state index in [0.29, 0.717) is 11.6 Å². The molecule has 6 heteroatoms. The molecule has 92 valence electrons. The first-order valence-electron chi connectivity index (χ1n) is 5.27. The first-order chi connectivity index (χ1) is 8.65. The molecule has 1 aromatic carbocycles. The number of benzene rings is 1. The van der Waals surface area contributed by atoms with Crippen LogP contribution in [0.2, 0.25) is 0 Å². The Hall–Kier alpha value is -0.910. The molecule has 0 bridgehead atoms. The van der Waals surface area contributed by atoms with Crippen LogP contribution in [-0.2, 0) is 6.42 Å². The van der Waals surface area contributed by atoms with E-state index >= 15 is 0 Å². The van der Waals surface area contributed by atoms with Crippen LogP contribution in [0.1, 0.15) is 14.7 Å². The van der Waals surface area contributed by atoms with Crippen molar-refractivity contribution in [2.75, 3.05) is 6.61 Å². The molecule has 0 fully saturated rings. The number of carbonyl (C=O) groups excluding carboxylic acids is 1. The van der Waals surface area contributed by atoms with Gasteiger partial charge < -0.3 is 4.74 Å². The highest BCUT2D eigenvalue weighted by Gasteiger charge is 2.22. The van der Waals surface area contributed by atoms with Gasteiger partial charge in [0, 0.05) is 21.3 Å². The number of thiazole rings is 1. The minimum Gasteiger partial charge on any atom is -0.492 e. The summed E-state index contributed by atoms with van der Waals surface area (Å²) in [7, 11) is 0. The fourth-order valence-electron chi connectivity index (χ4n) is 1.88. The van der Waals surface area contributed by atoms with Crippen LogP contribution in [0.15, 0.2) is 22.7 Å². The molecule has 0 saturated heterocycles. The summed E-state index contributed by atoms with van der Waals surface area (Å²) in [6.45, 7) is 0.578. The molecule has 1 aliphatic rings. The average molecular weight is 345 g/mol. The van der Waals surface area contributed by atoms with Crippen molar-refractivity contribution in [1.29, 1.82) is 0 Å². The second-order valence-electron chi connectivity index (χ2n) is 3.80. The molecule has 0 aliphatic carbocycles. The van der Waals surface area contributed by atoms with Crippen LogP contribution < -0.4 is 4.74 Å². The number of nitrogens with zero attached hydrogens (tertiary/aromatic N) is 1. The van der Waals surface area contributed by atoms with Gasteiger partial charge in [-0.05, 0) is 29.8 Å². The molecule has 0 N–H and O–H groups in total. The highest BCUT2D eigenvalue weighted by molar-refractivity contribution is 9.10. The lowest BCUT2D eigenvalue weighted by molar-refractivity contribution is 0.108. The van der Waals surface area contributed by atoms with Crippen molar-refractivity contribution < 1.29 is 9.53 Å². The van der Waals surface area contributed by atoms with Gasteiger partial charge in [-0.2, -0.15) is 0 Å². The summed E-state index contributed by atoms with van der Waals surface area (Å²) in [6, 6.07) is 5.77. The van der Waals surface area contributed by atoms with Crippen molar-refractivity contribution in [3.63, 3.8) is 0 Å². The van der Waals surface area contributed by atoms with E-state index in [-0.39, 0.29) is 0 Å². The maximum absolute atomic E-state index is 11.2. The molecule has 3 rings (SSSR count). The summed E-state index contributed by atoms with van der Waals surface area (Å²) in [6.07, 6.45) is 0.740. The second kappa shape index (κ2) is 4.64. The summed E-state index contributed by atoms with van der Waals surface area (Å²) >= 11 is 10.2. The van der Waals surface area contributed by atoms with E-state index in [1.54, 1.807) is 0 Å². The largest absolute Gasteiger partial charge is 0.492 e. The average Bonchev–Trinajstić information content (AvgIpc) is 2.67. The number of fused-ring (bicyclic) bond motifs is 3. The Morgan fingerprint density at radius 1 is 1.50 bits per heavy atom. The molecule has 18 heavy (non-hydrogen) atoms. The second-order valence-corrected chi connectivity index (χ2v) is 6.15. The standard InChI is InChI=1S/C12H7BrClNO2S/c13-6-1-2-7-8(5-6)17-4-3-9-10(7)15-12(18-9)11(14)16/h1-2,5H,3-4H2. The highest BCUT2D eigenvalue weighted by Crippen LogP contribution is 2.39. The summed E-state index contributed by atoms with van der Waals surface area (Å²) in [5, 5.41) is -0.162. The zero-order valence-corrected chi connectivity index (χ0v) is 12.2. The first kappa shape index (κ1) is 12.1. The Morgan fingerprint density at radius 2 is 2.33 bits per heavy atom. The van der Waals surface area contributed by atoms with Crippen LogP contribution in [0.3, 0.4) is 0 Å². The lowest BCUT2D eigenvalue weighted by Gasteiger charge is -2.06. The van der Waals surface area contributed by atoms with Gasteiger partial charge >= 0.3 is 0 Å². The molecular formula is C12H7BrClNO2S. The molecule has 0 amide bonds. The number of aromatic nitrogens is 1. The zero-order chi connectivity index (χ0) is 12.7. The first-order valence-corrected chi connectivity index (χ1v) is 7.26. The maximum atomic E-state index is 11.2. The van der Waals surface area contributed by atoms with Gasteiger partial charge in [0.05, 0.1) is 12.3 Å². The zero-order valence-electron chi connectivity index (χ0n) is 9.07. The van der Waals surface area contributed by atoms with E-state index in [2.05, 4.69) is 20.9 Å². The van der Waals surface area contributed by atoms with Crippen molar-refractivity contribution in [2.24, 2.45) is 0 Å². The molecule has 0 atom stereocenters. The minimum atomic E-state index is -0.507. The third kappa shape index (κ3) is 2.06. The highest BCUT2D eigenvalue weighted by atomic mass is 79.9. The fourth-order valence-corrected chi connectivity index (χ4v) is 3.27. The molecule has 0 radical (unpaired) electrons. The summed E-state index contributed by atoms with van der Waals surface area (Å²) < 4.78 is 6.64. The van der Waals surface area contributed by atoms with Gasteiger partial charge in [0.2, 0.25) is 0 Å². The van der Waals surface area contributed by atoms with Crippen LogP contribution in [0.5, 0.6) is 5.75 Å². The Morgan fingerprint density at radius 3 is 3.11 bits per heavy atom. The van der Waals surface area contributed by atoms with Gasteiger partial charge in [-0.15, -0.1) is 11.3 Å². The van der Waals surface area contributed by atoms with Crippen LogP contribution >= 0.6 is 38.9 Å². The summed E-state index contributed by atoms with van der Waals surface area (Å²) in [4.78, 5) is 16.6. The van der Waals surface area contributed by atoms with E-state index in [1.165, 1.54) is 11.3 Å². The lowest BCUT2D eigenvalue weighted by Crippen LogP contribution is -1.97. The fraction of sp³-hybridized carbons (Fsp3) is 0.167.